The third-order valence-electron chi connectivity index (χ3n) is 5.47. The molecular formula is C16H7Cl6N3O5. The van der Waals surface area contributed by atoms with Crippen LogP contribution in [0, 0.1) is 22.0 Å². The molecule has 158 valence electrons. The van der Waals surface area contributed by atoms with Gasteiger partial charge < -0.3 is 0 Å². The minimum Gasteiger partial charge on any atom is -0.272 e. The highest BCUT2D eigenvalue weighted by atomic mass is 35.5. The second-order valence-electron chi connectivity index (χ2n) is 6.81. The van der Waals surface area contributed by atoms with Crippen LogP contribution in [0.25, 0.3) is 0 Å². The van der Waals surface area contributed by atoms with Gasteiger partial charge in [0.05, 0.1) is 26.8 Å². The largest absolute Gasteiger partial charge is 0.282 e. The number of hydrogen-bond acceptors (Lipinski definition) is 5. The molecule has 1 heterocycles. The number of alkyl halides is 4. The summed E-state index contributed by atoms with van der Waals surface area (Å²) >= 11 is 38.1. The zero-order valence-electron chi connectivity index (χ0n) is 14.2. The highest BCUT2D eigenvalue weighted by molar-refractivity contribution is 6.66. The number of imide groups is 1. The molecule has 2 bridgehead atoms. The summed E-state index contributed by atoms with van der Waals surface area (Å²) in [7, 11) is 0. The highest BCUT2D eigenvalue weighted by Crippen LogP contribution is 2.77. The Hall–Kier alpha value is -1.29. The van der Waals surface area contributed by atoms with E-state index < -0.39 is 54.2 Å². The summed E-state index contributed by atoms with van der Waals surface area (Å²) in [6.45, 7) is 0. The average molecular weight is 534 g/mol. The molecule has 0 spiro atoms. The van der Waals surface area contributed by atoms with Crippen LogP contribution in [-0.4, -0.2) is 41.7 Å². The van der Waals surface area contributed by atoms with Crippen LogP contribution < -0.4 is 5.43 Å². The standard InChI is InChI=1S/C16H7Cl6N3O5/c17-9-10(18)15(20)8-7(14(9,19)16(15,21)22)12(27)24(13(8)28)23-11(26)5-3-1-2-4-6(5)25(29)30/h1-4,7-8H,(H,23,26)/t7-,8+,14-,15-/m1/s1. The number of amides is 3. The van der Waals surface area contributed by atoms with Crippen LogP contribution in [0.5, 0.6) is 0 Å². The van der Waals surface area contributed by atoms with Crippen LogP contribution in [0.4, 0.5) is 5.69 Å². The number of carbonyl (C=O) groups is 3. The van der Waals surface area contributed by atoms with E-state index in [-0.39, 0.29) is 15.6 Å². The van der Waals surface area contributed by atoms with E-state index in [2.05, 4.69) is 5.43 Å². The van der Waals surface area contributed by atoms with Gasteiger partial charge in [0.1, 0.15) is 15.3 Å². The Balaban J connectivity index is 1.73. The summed E-state index contributed by atoms with van der Waals surface area (Å²) in [5, 5.41) is 11.0. The highest BCUT2D eigenvalue weighted by Gasteiger charge is 2.87. The number of halogens is 6. The number of nitrogens with one attached hydrogen (secondary N) is 1. The quantitative estimate of drug-likeness (QED) is 0.276. The monoisotopic (exact) mass is 531 g/mol. The van der Waals surface area contributed by atoms with Gasteiger partial charge in [-0.2, -0.15) is 5.01 Å². The zero-order valence-corrected chi connectivity index (χ0v) is 18.7. The van der Waals surface area contributed by atoms with Crippen LogP contribution in [0.15, 0.2) is 34.3 Å². The molecule has 1 aromatic carbocycles. The Labute approximate surface area is 198 Å². The van der Waals surface area contributed by atoms with Crippen molar-refractivity contribution in [3.05, 3.63) is 50.0 Å². The maximum absolute atomic E-state index is 13.0. The second kappa shape index (κ2) is 6.60. The van der Waals surface area contributed by atoms with Gasteiger partial charge in [-0.25, -0.2) is 0 Å². The van der Waals surface area contributed by atoms with Crippen molar-refractivity contribution in [3.63, 3.8) is 0 Å². The number of hydrogen-bond donors (Lipinski definition) is 1. The SMILES string of the molecule is O=C(NN1C(=O)[C@@H]2[C@H](C1=O)[C@@]1(Cl)C(Cl)=C(Cl)[C@@]2(Cl)C1(Cl)Cl)c1ccccc1[N+](=O)[O-]. The Morgan fingerprint density at radius 2 is 1.47 bits per heavy atom. The van der Waals surface area contributed by atoms with Gasteiger partial charge in [0, 0.05) is 6.07 Å². The normalized spacial score (nSPS) is 33.9. The van der Waals surface area contributed by atoms with E-state index in [1.807, 2.05) is 0 Å². The number of nitro benzene ring substituents is 1. The number of fused-ring (bicyclic) bond motifs is 5. The fourth-order valence-electron chi connectivity index (χ4n) is 4.09. The van der Waals surface area contributed by atoms with Crippen LogP contribution in [-0.2, 0) is 9.59 Å². The Morgan fingerprint density at radius 1 is 1.00 bits per heavy atom. The van der Waals surface area contributed by atoms with Crippen LogP contribution in [0.2, 0.25) is 0 Å². The second-order valence-corrected chi connectivity index (χ2v) is 10.1. The van der Waals surface area contributed by atoms with Gasteiger partial charge in [0.2, 0.25) is 0 Å². The van der Waals surface area contributed by atoms with Gasteiger partial charge in [-0.05, 0) is 6.07 Å². The number of hydrazine groups is 1. The summed E-state index contributed by atoms with van der Waals surface area (Å²) in [5.41, 5.74) is 1.17. The van der Waals surface area contributed by atoms with E-state index in [1.54, 1.807) is 0 Å². The molecule has 4 rings (SSSR count). The van der Waals surface area contributed by atoms with Crippen LogP contribution in [0.1, 0.15) is 10.4 Å². The van der Waals surface area contributed by atoms with Gasteiger partial charge in [0.15, 0.2) is 4.33 Å². The van der Waals surface area contributed by atoms with E-state index in [1.165, 1.54) is 12.1 Å². The summed E-state index contributed by atoms with van der Waals surface area (Å²) in [5.74, 6) is -5.90. The summed E-state index contributed by atoms with van der Waals surface area (Å²) < 4.78 is -2.10. The number of benzene rings is 1. The minimum absolute atomic E-state index is 0.278. The number of carbonyl (C=O) groups excluding carboxylic acids is 3. The van der Waals surface area contributed by atoms with Crippen molar-refractivity contribution >= 4 is 93.0 Å². The van der Waals surface area contributed by atoms with Crippen LogP contribution >= 0.6 is 69.6 Å². The first-order valence-electron chi connectivity index (χ1n) is 8.07. The molecule has 1 saturated carbocycles. The summed E-state index contributed by atoms with van der Waals surface area (Å²) in [4.78, 5) is 45.0. The first-order valence-corrected chi connectivity index (χ1v) is 10.3. The minimum atomic E-state index is -2.10. The van der Waals surface area contributed by atoms with Crippen molar-refractivity contribution < 1.29 is 19.3 Å². The maximum Gasteiger partial charge on any atom is 0.282 e. The van der Waals surface area contributed by atoms with Gasteiger partial charge in [-0.3, -0.25) is 29.9 Å². The first kappa shape index (κ1) is 21.9. The third-order valence-corrected chi connectivity index (χ3v) is 9.73. The zero-order chi connectivity index (χ0) is 22.4. The maximum atomic E-state index is 13.0. The molecule has 3 aliphatic rings. The van der Waals surface area contributed by atoms with E-state index in [9.17, 15) is 24.5 Å². The predicted molar refractivity (Wildman–Crippen MR) is 110 cm³/mol. The number of rotatable bonds is 3. The van der Waals surface area contributed by atoms with E-state index >= 15 is 0 Å². The molecule has 1 aliphatic heterocycles. The Morgan fingerprint density at radius 3 is 1.93 bits per heavy atom. The van der Waals surface area contributed by atoms with Crippen molar-refractivity contribution in [3.8, 4) is 0 Å². The molecule has 4 atom stereocenters. The Kier molecular flexibility index (Phi) is 4.83. The molecule has 1 N–H and O–H groups in total. The summed E-state index contributed by atoms with van der Waals surface area (Å²) in [6, 6.07) is 4.99. The molecule has 0 unspecified atom stereocenters. The smallest absolute Gasteiger partial charge is 0.272 e. The molecule has 0 aromatic heterocycles. The predicted octanol–water partition coefficient (Wildman–Crippen LogP) is 3.69. The van der Waals surface area contributed by atoms with Gasteiger partial charge in [-0.1, -0.05) is 58.5 Å². The number of allylic oxidation sites excluding steroid dienone is 2. The lowest BCUT2D eigenvalue weighted by Crippen LogP contribution is -2.54. The fraction of sp³-hybridized carbons (Fsp3) is 0.312. The number of nitrogens with zero attached hydrogens (tertiary/aromatic N) is 2. The third kappa shape index (κ3) is 2.29. The molecule has 8 nitrogen and oxygen atoms in total. The van der Waals surface area contributed by atoms with Crippen molar-refractivity contribution in [1.82, 2.24) is 10.4 Å². The molecule has 30 heavy (non-hydrogen) atoms. The van der Waals surface area contributed by atoms with E-state index in [4.69, 9.17) is 69.6 Å². The van der Waals surface area contributed by atoms with Gasteiger partial charge >= 0.3 is 0 Å². The van der Waals surface area contributed by atoms with Crippen molar-refractivity contribution in [2.45, 2.75) is 14.1 Å². The molecule has 1 saturated heterocycles. The lowest BCUT2D eigenvalue weighted by atomic mass is 9.84. The average Bonchev–Trinajstić information content (AvgIpc) is 3.06. The van der Waals surface area contributed by atoms with E-state index in [0.717, 1.165) is 12.1 Å². The van der Waals surface area contributed by atoms with Crippen molar-refractivity contribution in [2.24, 2.45) is 11.8 Å². The molecule has 2 fully saturated rings. The molecule has 1 aromatic rings. The van der Waals surface area contributed by atoms with Crippen molar-refractivity contribution in [2.75, 3.05) is 0 Å². The molecule has 2 aliphatic carbocycles. The first-order chi connectivity index (χ1) is 13.8. The molecule has 0 radical (unpaired) electrons. The van der Waals surface area contributed by atoms with Crippen molar-refractivity contribution in [1.29, 1.82) is 0 Å². The Bertz CT molecular complexity index is 1050. The lowest BCUT2D eigenvalue weighted by molar-refractivity contribution is -0.385. The lowest BCUT2D eigenvalue weighted by Gasteiger charge is -2.34. The summed E-state index contributed by atoms with van der Waals surface area (Å²) in [6.07, 6.45) is 0. The number of nitro groups is 1. The number of para-hydroxylation sites is 1. The molecular weight excluding hydrogens is 527 g/mol. The molecule has 3 amide bonds. The fourth-order valence-corrected chi connectivity index (χ4v) is 7.02. The molecule has 14 heteroatoms. The topological polar surface area (TPSA) is 110 Å². The van der Waals surface area contributed by atoms with Crippen LogP contribution in [0.3, 0.4) is 0 Å². The van der Waals surface area contributed by atoms with E-state index in [0.29, 0.717) is 5.01 Å². The van der Waals surface area contributed by atoms with Gasteiger partial charge in [0.25, 0.3) is 23.4 Å². The van der Waals surface area contributed by atoms with Gasteiger partial charge in [-0.15, -0.1) is 23.2 Å².